The largest absolute Gasteiger partial charge is 0.325 e. The van der Waals surface area contributed by atoms with Gasteiger partial charge in [-0.1, -0.05) is 71.7 Å². The number of azo groups is 2. The number of hydrogen-bond acceptors (Lipinski definition) is 8. The molecule has 4 aromatic rings. The van der Waals surface area contributed by atoms with Gasteiger partial charge in [0.1, 0.15) is 24.5 Å². The van der Waals surface area contributed by atoms with Crippen LogP contribution in [0.1, 0.15) is 0 Å². The lowest BCUT2D eigenvalue weighted by atomic mass is 10.0. The number of carbonyl (C=O) groups excluding carboxylic acids is 4. The maximum atomic E-state index is 13.1. The van der Waals surface area contributed by atoms with E-state index < -0.39 is 35.5 Å². The molecule has 0 heterocycles. The molecule has 2 unspecified atom stereocenters. The summed E-state index contributed by atoms with van der Waals surface area (Å²) in [6, 6.07) is 24.8. The molecule has 0 spiro atoms. The maximum absolute atomic E-state index is 13.1. The number of anilines is 2. The van der Waals surface area contributed by atoms with Crippen molar-refractivity contribution in [1.82, 2.24) is 0 Å². The number of nitrogens with one attached hydrogen (secondary N) is 2. The average molecular weight is 746 g/mol. The highest BCUT2D eigenvalue weighted by molar-refractivity contribution is 6.34. The van der Waals surface area contributed by atoms with Gasteiger partial charge in [-0.25, -0.2) is 0 Å². The van der Waals surface area contributed by atoms with Crippen LogP contribution in [0, 0.1) is 0 Å². The number of Topliss-reactive ketones (excluding diaryl/α,β-unsaturated/α-hetero) is 2. The van der Waals surface area contributed by atoms with Crippen molar-refractivity contribution in [3.05, 3.63) is 107 Å². The molecule has 52 heavy (non-hydrogen) atoms. The Labute approximate surface area is 313 Å². The molecule has 2 atom stereocenters. The topological polar surface area (TPSA) is 142 Å². The second kappa shape index (κ2) is 17.4. The molecule has 0 aliphatic rings. The van der Waals surface area contributed by atoms with Crippen molar-refractivity contribution >= 4 is 69.3 Å². The molecule has 4 rings (SSSR count). The van der Waals surface area contributed by atoms with Gasteiger partial charge >= 0.3 is 0 Å². The van der Waals surface area contributed by atoms with E-state index in [1.807, 2.05) is 54.4 Å². The highest BCUT2D eigenvalue weighted by Gasteiger charge is 2.32. The first kappa shape index (κ1) is 39.6. The van der Waals surface area contributed by atoms with Crippen molar-refractivity contribution in [1.29, 1.82) is 0 Å². The number of ketones is 2. The van der Waals surface area contributed by atoms with Crippen LogP contribution in [0.2, 0.25) is 10.0 Å². The number of para-hydroxylation sites is 2. The number of quaternary nitrogens is 2. The fraction of sp³-hybridized carbons (Fsp3) is 0.263. The van der Waals surface area contributed by atoms with Gasteiger partial charge in [-0.3, -0.25) is 19.2 Å². The Morgan fingerprint density at radius 2 is 0.904 bits per heavy atom. The normalized spacial score (nSPS) is 13.2. The van der Waals surface area contributed by atoms with Crippen molar-refractivity contribution in [3.8, 4) is 11.1 Å². The molecule has 14 heteroatoms. The summed E-state index contributed by atoms with van der Waals surface area (Å²) in [7, 11) is 11.1. The smallest absolute Gasteiger partial charge is 0.259 e. The van der Waals surface area contributed by atoms with Crippen molar-refractivity contribution in [2.75, 3.05) is 66.0 Å². The summed E-state index contributed by atoms with van der Waals surface area (Å²) in [6.07, 6.45) is 0. The Balaban J connectivity index is 1.54. The summed E-state index contributed by atoms with van der Waals surface area (Å²) in [6.45, 7) is 0.117. The summed E-state index contributed by atoms with van der Waals surface area (Å²) in [4.78, 5) is 52.6. The molecule has 0 saturated heterocycles. The summed E-state index contributed by atoms with van der Waals surface area (Å²) in [5, 5.41) is 22.6. The van der Waals surface area contributed by atoms with Crippen molar-refractivity contribution in [3.63, 3.8) is 0 Å². The molecular weight excluding hydrogens is 703 g/mol. The van der Waals surface area contributed by atoms with E-state index in [-0.39, 0.29) is 34.5 Å². The van der Waals surface area contributed by atoms with Gasteiger partial charge in [0.2, 0.25) is 23.7 Å². The van der Waals surface area contributed by atoms with Gasteiger partial charge < -0.3 is 19.6 Å². The monoisotopic (exact) mass is 744 g/mol. The third-order valence-electron chi connectivity index (χ3n) is 7.24. The van der Waals surface area contributed by atoms with E-state index >= 15 is 0 Å². The van der Waals surface area contributed by atoms with Gasteiger partial charge in [-0.2, -0.15) is 20.5 Å². The van der Waals surface area contributed by atoms with E-state index in [1.54, 1.807) is 84.9 Å². The molecular formula is C38H42Cl2N8O4+2. The molecule has 4 aromatic carbocycles. The third-order valence-corrected chi connectivity index (χ3v) is 7.85. The zero-order chi connectivity index (χ0) is 38.1. The highest BCUT2D eigenvalue weighted by atomic mass is 35.5. The fourth-order valence-electron chi connectivity index (χ4n) is 4.87. The number of amides is 2. The molecule has 0 radical (unpaired) electrons. The van der Waals surface area contributed by atoms with E-state index in [4.69, 9.17) is 23.2 Å². The predicted octanol–water partition coefficient (Wildman–Crippen LogP) is 7.39. The first-order valence-corrected chi connectivity index (χ1v) is 17.0. The summed E-state index contributed by atoms with van der Waals surface area (Å²) in [5.74, 6) is -2.00. The Bertz CT molecular complexity index is 1830. The standard InChI is InChI=1S/C38H40Cl2N8O4/c1-47(2,3)23-33(49)35(37(51)41-27-13-9-7-10-14-27)45-43-31-19-17-25(21-29(31)39)26-18-20-32(30(40)22-26)44-46-36(34(50)24-48(4,5)6)38(52)42-28-15-11-8-12-16-28/h7-22,35-36H,23-24H2,1-6H3/p+2. The Morgan fingerprint density at radius 3 is 1.21 bits per heavy atom. The highest BCUT2D eigenvalue weighted by Crippen LogP contribution is 2.35. The first-order chi connectivity index (χ1) is 24.5. The Kier molecular flexibility index (Phi) is 13.3. The zero-order valence-corrected chi connectivity index (χ0v) is 31.4. The number of nitrogens with zero attached hydrogens (tertiary/aromatic N) is 6. The number of halogens is 2. The van der Waals surface area contributed by atoms with E-state index in [9.17, 15) is 19.2 Å². The van der Waals surface area contributed by atoms with E-state index in [0.717, 1.165) is 0 Å². The number of carbonyl (C=O) groups is 4. The van der Waals surface area contributed by atoms with Crippen molar-refractivity contribution < 1.29 is 28.1 Å². The summed E-state index contributed by atoms with van der Waals surface area (Å²) >= 11 is 13.2. The minimum absolute atomic E-state index is 0.0585. The molecule has 0 aliphatic carbocycles. The van der Waals surface area contributed by atoms with Gasteiger partial charge in [0.25, 0.3) is 11.8 Å². The fourth-order valence-corrected chi connectivity index (χ4v) is 5.31. The Morgan fingerprint density at radius 1 is 0.558 bits per heavy atom. The van der Waals surface area contributed by atoms with Crippen molar-refractivity contribution in [2.24, 2.45) is 20.5 Å². The first-order valence-electron chi connectivity index (χ1n) is 16.3. The van der Waals surface area contributed by atoms with Gasteiger partial charge in [-0.15, -0.1) is 0 Å². The molecule has 270 valence electrons. The SMILES string of the molecule is C[N+](C)(C)CC(=O)C(N=Nc1ccc(-c2ccc(N=NC(C(=O)C[N+](C)(C)C)C(=O)Nc3ccccc3)c(Cl)c2)cc1Cl)C(=O)Nc1ccccc1. The third kappa shape index (κ3) is 12.0. The van der Waals surface area contributed by atoms with Crippen LogP contribution in [0.15, 0.2) is 118 Å². The van der Waals surface area contributed by atoms with Gasteiger partial charge in [0.15, 0.2) is 0 Å². The lowest BCUT2D eigenvalue weighted by molar-refractivity contribution is -0.862. The average Bonchev–Trinajstić information content (AvgIpc) is 3.05. The van der Waals surface area contributed by atoms with Crippen LogP contribution in [-0.2, 0) is 19.2 Å². The lowest BCUT2D eigenvalue weighted by Gasteiger charge is -2.24. The molecule has 0 aromatic heterocycles. The van der Waals surface area contributed by atoms with Crippen LogP contribution >= 0.6 is 23.2 Å². The minimum Gasteiger partial charge on any atom is -0.325 e. The Hall–Kier alpha value is -5.14. The quantitative estimate of drug-likeness (QED) is 0.0744. The molecule has 0 fully saturated rings. The molecule has 12 nitrogen and oxygen atoms in total. The lowest BCUT2D eigenvalue weighted by Crippen LogP contribution is -2.45. The summed E-state index contributed by atoms with van der Waals surface area (Å²) < 4.78 is 0.612. The van der Waals surface area contributed by atoms with E-state index in [0.29, 0.717) is 31.5 Å². The van der Waals surface area contributed by atoms with Crippen LogP contribution in [-0.4, -0.2) is 99.8 Å². The molecule has 2 amide bonds. The number of rotatable bonds is 15. The summed E-state index contributed by atoms with van der Waals surface area (Å²) in [5.41, 5.74) is 2.95. The van der Waals surface area contributed by atoms with E-state index in [2.05, 4.69) is 31.1 Å². The zero-order valence-electron chi connectivity index (χ0n) is 29.9. The molecule has 0 saturated carbocycles. The molecule has 2 N–H and O–H groups in total. The van der Waals surface area contributed by atoms with Crippen LogP contribution in [0.5, 0.6) is 0 Å². The van der Waals surface area contributed by atoms with Gasteiger partial charge in [-0.05, 0) is 59.7 Å². The molecule has 0 bridgehead atoms. The second-order valence-corrected chi connectivity index (χ2v) is 14.9. The molecule has 0 aliphatic heterocycles. The predicted molar refractivity (Wildman–Crippen MR) is 204 cm³/mol. The number of benzene rings is 4. The maximum Gasteiger partial charge on any atom is 0.259 e. The van der Waals surface area contributed by atoms with Crippen LogP contribution in [0.25, 0.3) is 11.1 Å². The van der Waals surface area contributed by atoms with Crippen LogP contribution in [0.4, 0.5) is 22.7 Å². The van der Waals surface area contributed by atoms with Crippen molar-refractivity contribution in [2.45, 2.75) is 12.1 Å². The number of likely N-dealkylation sites (N-methyl/N-ethyl adjacent to an activating group) is 2. The van der Waals surface area contributed by atoms with E-state index in [1.165, 1.54) is 0 Å². The van der Waals surface area contributed by atoms with Gasteiger partial charge in [0.05, 0.1) is 52.3 Å². The second-order valence-electron chi connectivity index (χ2n) is 14.1. The van der Waals surface area contributed by atoms with Crippen LogP contribution in [0.3, 0.4) is 0 Å². The van der Waals surface area contributed by atoms with Gasteiger partial charge in [0, 0.05) is 11.4 Å². The van der Waals surface area contributed by atoms with Crippen LogP contribution < -0.4 is 10.6 Å². The number of hydrogen-bond donors (Lipinski definition) is 2. The minimum atomic E-state index is -1.39.